The van der Waals surface area contributed by atoms with Crippen LogP contribution in [0.15, 0.2) is 11.5 Å². The number of methoxy groups -OCH3 is 1. The monoisotopic (exact) mass is 320 g/mol. The van der Waals surface area contributed by atoms with E-state index in [4.69, 9.17) is 9.47 Å². The number of hydrogen-bond donors (Lipinski definition) is 1. The molecule has 0 aliphatic carbocycles. The largest absolute Gasteiger partial charge is 0.481 e. The molecule has 0 bridgehead atoms. The van der Waals surface area contributed by atoms with Gasteiger partial charge in [-0.3, -0.25) is 4.79 Å². The molecule has 0 aromatic carbocycles. The Hall–Kier alpha value is -0.307. The molecule has 0 saturated heterocycles. The van der Waals surface area contributed by atoms with E-state index in [9.17, 15) is 9.90 Å². The first-order chi connectivity index (χ1) is 7.20. The second kappa shape index (κ2) is 7.91. The minimum atomic E-state index is -0.666. The second-order valence-electron chi connectivity index (χ2n) is 4.80. The molecule has 0 aliphatic heterocycles. The van der Waals surface area contributed by atoms with Crippen LogP contribution >= 0.6 is 0 Å². The van der Waals surface area contributed by atoms with Crippen molar-refractivity contribution in [2.24, 2.45) is 5.41 Å². The van der Waals surface area contributed by atoms with Gasteiger partial charge in [-0.2, -0.15) is 0 Å². The van der Waals surface area contributed by atoms with Gasteiger partial charge in [0.05, 0.1) is 18.6 Å². The molecule has 0 unspecified atom stereocenters. The molecule has 4 nitrogen and oxygen atoms in total. The summed E-state index contributed by atoms with van der Waals surface area (Å²) in [7, 11) is 1.39. The molecule has 1 N–H and O–H groups in total. The smallest absolute Gasteiger partial charge is 0.312 e. The summed E-state index contributed by atoms with van der Waals surface area (Å²) >= 11 is 0. The van der Waals surface area contributed by atoms with Crippen LogP contribution in [-0.2, 0) is 40.5 Å². The van der Waals surface area contributed by atoms with Gasteiger partial charge in [-0.25, -0.2) is 0 Å². The zero-order valence-electron chi connectivity index (χ0n) is 11.5. The van der Waals surface area contributed by atoms with Gasteiger partial charge >= 0.3 is 5.97 Å². The third kappa shape index (κ3) is 6.87. The van der Waals surface area contributed by atoms with Crippen molar-refractivity contribution < 1.29 is 45.6 Å². The van der Waals surface area contributed by atoms with Crippen molar-refractivity contribution in [2.75, 3.05) is 7.11 Å². The SMILES string of the molecule is CO/C(O)=C(\C)CC(C)(C)C(=O)OC(C)C.[Zr]. The van der Waals surface area contributed by atoms with Crippen molar-refractivity contribution in [1.29, 1.82) is 0 Å². The molecule has 0 radical (unpaired) electrons. The van der Waals surface area contributed by atoms with Gasteiger partial charge in [0.25, 0.3) is 5.95 Å². The topological polar surface area (TPSA) is 55.8 Å². The Morgan fingerprint density at radius 1 is 1.35 bits per heavy atom. The number of ether oxygens (including phenoxy) is 2. The van der Waals surface area contributed by atoms with E-state index < -0.39 is 5.41 Å². The molecule has 98 valence electrons. The molecule has 0 aromatic heterocycles. The van der Waals surface area contributed by atoms with Gasteiger partial charge in [0.1, 0.15) is 0 Å². The standard InChI is InChI=1S/C12H22O4.Zr/c1-8(2)16-11(14)12(4,5)7-9(3)10(13)15-6;/h8,13H,7H2,1-6H3;/b10-9+;. The number of rotatable bonds is 5. The minimum absolute atomic E-state index is 0. The van der Waals surface area contributed by atoms with Gasteiger partial charge in [0, 0.05) is 31.8 Å². The van der Waals surface area contributed by atoms with E-state index in [1.54, 1.807) is 20.8 Å². The van der Waals surface area contributed by atoms with Crippen LogP contribution in [-0.4, -0.2) is 24.3 Å². The molecule has 0 aliphatic rings. The fraction of sp³-hybridized carbons (Fsp3) is 0.750. The number of allylic oxidation sites excluding steroid dienone is 1. The summed E-state index contributed by atoms with van der Waals surface area (Å²) in [6.07, 6.45) is 0.269. The molecular formula is C12H22O4Zr. The average molecular weight is 322 g/mol. The molecule has 5 heteroatoms. The van der Waals surface area contributed by atoms with Crippen molar-refractivity contribution in [2.45, 2.75) is 47.1 Å². The summed E-state index contributed by atoms with van der Waals surface area (Å²) in [4.78, 5) is 11.8. The quantitative estimate of drug-likeness (QED) is 0.625. The average Bonchev–Trinajstić information content (AvgIpc) is 2.14. The molecule has 0 fully saturated rings. The van der Waals surface area contributed by atoms with E-state index in [1.165, 1.54) is 7.11 Å². The van der Waals surface area contributed by atoms with E-state index in [2.05, 4.69) is 0 Å². The van der Waals surface area contributed by atoms with Crippen LogP contribution in [0.5, 0.6) is 0 Å². The van der Waals surface area contributed by atoms with Gasteiger partial charge in [-0.05, 0) is 41.0 Å². The van der Waals surface area contributed by atoms with Gasteiger partial charge < -0.3 is 14.6 Å². The van der Waals surface area contributed by atoms with E-state index in [1.807, 2.05) is 13.8 Å². The van der Waals surface area contributed by atoms with Crippen LogP contribution in [0.2, 0.25) is 0 Å². The first kappa shape index (κ1) is 19.0. The number of hydrogen-bond acceptors (Lipinski definition) is 4. The van der Waals surface area contributed by atoms with Crippen LogP contribution < -0.4 is 0 Å². The van der Waals surface area contributed by atoms with Crippen molar-refractivity contribution in [3.63, 3.8) is 0 Å². The summed E-state index contributed by atoms with van der Waals surface area (Å²) in [5.41, 5.74) is -0.0332. The predicted molar refractivity (Wildman–Crippen MR) is 62.0 cm³/mol. The van der Waals surface area contributed by atoms with Crippen LogP contribution in [0.25, 0.3) is 0 Å². The molecule has 0 spiro atoms. The molecule has 17 heavy (non-hydrogen) atoms. The molecule has 0 heterocycles. The molecular weight excluding hydrogens is 299 g/mol. The Kier molecular flexibility index (Phi) is 8.86. The molecule has 0 atom stereocenters. The third-order valence-corrected chi connectivity index (χ3v) is 2.16. The number of carbonyl (C=O) groups is 1. The summed E-state index contributed by atoms with van der Waals surface area (Å²) in [5, 5.41) is 9.36. The number of esters is 1. The van der Waals surface area contributed by atoms with E-state index in [-0.39, 0.29) is 44.2 Å². The first-order valence-electron chi connectivity index (χ1n) is 5.34. The summed E-state index contributed by atoms with van der Waals surface area (Å²) < 4.78 is 9.85. The Morgan fingerprint density at radius 3 is 2.18 bits per heavy atom. The van der Waals surface area contributed by atoms with Gasteiger partial charge in [0.15, 0.2) is 0 Å². The van der Waals surface area contributed by atoms with Crippen molar-refractivity contribution in [1.82, 2.24) is 0 Å². The first-order valence-corrected chi connectivity index (χ1v) is 5.34. The molecule has 0 aromatic rings. The van der Waals surface area contributed by atoms with Gasteiger partial charge in [-0.1, -0.05) is 0 Å². The van der Waals surface area contributed by atoms with Gasteiger partial charge in [0.2, 0.25) is 0 Å². The van der Waals surface area contributed by atoms with Crippen molar-refractivity contribution >= 4 is 5.97 Å². The Balaban J connectivity index is 0. The Bertz CT molecular complexity index is 282. The maximum atomic E-state index is 11.8. The van der Waals surface area contributed by atoms with Crippen LogP contribution in [0, 0.1) is 5.41 Å². The normalized spacial score (nSPS) is 12.6. The number of aliphatic hydroxyl groups excluding tert-OH is 1. The zero-order chi connectivity index (χ0) is 12.9. The predicted octanol–water partition coefficient (Wildman–Crippen LogP) is 2.79. The van der Waals surface area contributed by atoms with E-state index in [0.717, 1.165) is 0 Å². The van der Waals surface area contributed by atoms with Crippen LogP contribution in [0.4, 0.5) is 0 Å². The van der Waals surface area contributed by atoms with E-state index in [0.29, 0.717) is 12.0 Å². The van der Waals surface area contributed by atoms with Gasteiger partial charge in [-0.15, -0.1) is 0 Å². The summed E-state index contributed by atoms with van der Waals surface area (Å²) in [6.45, 7) is 8.91. The third-order valence-electron chi connectivity index (χ3n) is 2.16. The van der Waals surface area contributed by atoms with Crippen molar-refractivity contribution in [3.05, 3.63) is 11.5 Å². The maximum absolute atomic E-state index is 11.8. The summed E-state index contributed by atoms with van der Waals surface area (Å²) in [5.74, 6) is -0.406. The Morgan fingerprint density at radius 2 is 1.82 bits per heavy atom. The zero-order valence-corrected chi connectivity index (χ0v) is 13.9. The van der Waals surface area contributed by atoms with Crippen molar-refractivity contribution in [3.8, 4) is 0 Å². The molecule has 0 saturated carbocycles. The van der Waals surface area contributed by atoms with Crippen LogP contribution in [0.3, 0.4) is 0 Å². The molecule has 0 amide bonds. The fourth-order valence-electron chi connectivity index (χ4n) is 1.36. The number of aliphatic hydroxyl groups is 1. The fourth-order valence-corrected chi connectivity index (χ4v) is 1.36. The summed E-state index contributed by atoms with van der Waals surface area (Å²) in [6, 6.07) is 0. The second-order valence-corrected chi connectivity index (χ2v) is 4.80. The Labute approximate surface area is 122 Å². The maximum Gasteiger partial charge on any atom is 0.312 e. The van der Waals surface area contributed by atoms with E-state index >= 15 is 0 Å². The number of carbonyl (C=O) groups excluding carboxylic acids is 1. The molecule has 0 rings (SSSR count). The minimum Gasteiger partial charge on any atom is -0.481 e. The van der Waals surface area contributed by atoms with Crippen LogP contribution in [0.1, 0.15) is 41.0 Å².